The first-order valence-corrected chi connectivity index (χ1v) is 10.2. The van der Waals surface area contributed by atoms with E-state index in [1.807, 2.05) is 12.2 Å². The van der Waals surface area contributed by atoms with Gasteiger partial charge in [-0.05, 0) is 66.3 Å². The molecule has 2 heteroatoms. The van der Waals surface area contributed by atoms with Gasteiger partial charge >= 0.3 is 0 Å². The molecule has 0 atom stereocenters. The fourth-order valence-electron chi connectivity index (χ4n) is 3.68. The van der Waals surface area contributed by atoms with Crippen LogP contribution < -0.4 is 4.57 Å². The summed E-state index contributed by atoms with van der Waals surface area (Å²) >= 11 is 0. The van der Waals surface area contributed by atoms with Gasteiger partial charge in [-0.1, -0.05) is 64.6 Å². The van der Waals surface area contributed by atoms with Crippen molar-refractivity contribution >= 4 is 12.2 Å². The van der Waals surface area contributed by atoms with Gasteiger partial charge in [0, 0.05) is 0 Å². The van der Waals surface area contributed by atoms with E-state index in [4.69, 9.17) is 0 Å². The van der Waals surface area contributed by atoms with Crippen molar-refractivity contribution in [2.75, 3.05) is 0 Å². The lowest BCUT2D eigenvalue weighted by molar-refractivity contribution is -0.596. The van der Waals surface area contributed by atoms with Crippen LogP contribution in [0.3, 0.4) is 0 Å². The van der Waals surface area contributed by atoms with Crippen LogP contribution in [0.4, 0.5) is 0 Å². The molecule has 1 heterocycles. The number of aromatic nitrogens is 2. The van der Waals surface area contributed by atoms with Crippen LogP contribution in [0, 0.1) is 5.92 Å². The highest BCUT2D eigenvalue weighted by atomic mass is 15.1. The largest absolute Gasteiger partial charge is 0.255 e. The summed E-state index contributed by atoms with van der Waals surface area (Å²) in [6.07, 6.45) is 9.30. The molecule has 2 nitrogen and oxygen atoms in total. The van der Waals surface area contributed by atoms with Crippen LogP contribution in [0.25, 0.3) is 23.5 Å². The zero-order valence-electron chi connectivity index (χ0n) is 17.4. The number of imidazole rings is 1. The molecule has 0 unspecified atom stereocenters. The van der Waals surface area contributed by atoms with Crippen LogP contribution in [0.15, 0.2) is 68.0 Å². The minimum absolute atomic E-state index is 0.659. The Morgan fingerprint density at radius 2 is 1.57 bits per heavy atom. The van der Waals surface area contributed by atoms with Gasteiger partial charge in [-0.3, -0.25) is 0 Å². The molecule has 28 heavy (non-hydrogen) atoms. The van der Waals surface area contributed by atoms with Gasteiger partial charge in [0.2, 0.25) is 0 Å². The smallest absolute Gasteiger partial charge is 0.195 e. The zero-order valence-corrected chi connectivity index (χ0v) is 17.4. The maximum Gasteiger partial charge on any atom is 0.255 e. The van der Waals surface area contributed by atoms with E-state index in [0.717, 1.165) is 42.0 Å². The van der Waals surface area contributed by atoms with Crippen LogP contribution >= 0.6 is 0 Å². The first kappa shape index (κ1) is 19.9. The van der Waals surface area contributed by atoms with Crippen LogP contribution in [0.5, 0.6) is 0 Å². The highest BCUT2D eigenvalue weighted by molar-refractivity contribution is 5.59. The van der Waals surface area contributed by atoms with Crippen LogP contribution in [0.1, 0.15) is 49.7 Å². The van der Waals surface area contributed by atoms with Gasteiger partial charge in [-0.25, -0.2) is 0 Å². The van der Waals surface area contributed by atoms with Gasteiger partial charge in [0.05, 0.1) is 0 Å². The van der Waals surface area contributed by atoms with Crippen molar-refractivity contribution in [3.8, 4) is 11.4 Å². The van der Waals surface area contributed by atoms with Gasteiger partial charge in [-0.2, -0.15) is 9.13 Å². The Kier molecular flexibility index (Phi) is 6.30. The molecule has 1 aromatic heterocycles. The summed E-state index contributed by atoms with van der Waals surface area (Å²) < 4.78 is 4.37. The van der Waals surface area contributed by atoms with Gasteiger partial charge in [0.25, 0.3) is 6.33 Å². The molecule has 0 fully saturated rings. The lowest BCUT2D eigenvalue weighted by Crippen LogP contribution is -2.31. The maximum absolute atomic E-state index is 4.05. The summed E-state index contributed by atoms with van der Waals surface area (Å²) in [7, 11) is 0. The van der Waals surface area contributed by atoms with Crippen LogP contribution in [-0.4, -0.2) is 4.57 Å². The quantitative estimate of drug-likeness (QED) is 0.417. The number of hydrogen-bond acceptors (Lipinski definition) is 0. The zero-order chi connectivity index (χ0) is 20.1. The summed E-state index contributed by atoms with van der Waals surface area (Å²) in [5.41, 5.74) is 7.10. The number of nitrogens with zero attached hydrogens (tertiary/aromatic N) is 2. The molecule has 2 aromatic carbocycles. The monoisotopic (exact) mass is 371 g/mol. The highest BCUT2D eigenvalue weighted by Gasteiger charge is 2.21. The molecule has 0 aliphatic rings. The normalized spacial score (nSPS) is 11.0. The highest BCUT2D eigenvalue weighted by Crippen LogP contribution is 2.19. The first-order valence-electron chi connectivity index (χ1n) is 10.2. The molecule has 0 bridgehead atoms. The number of benzene rings is 2. The summed E-state index contributed by atoms with van der Waals surface area (Å²) in [6.45, 7) is 14.8. The van der Waals surface area contributed by atoms with E-state index in [0.29, 0.717) is 5.92 Å². The fourth-order valence-corrected chi connectivity index (χ4v) is 3.68. The Morgan fingerprint density at radius 1 is 0.929 bits per heavy atom. The minimum Gasteiger partial charge on any atom is -0.195 e. The molecular formula is C26H31N2+. The van der Waals surface area contributed by atoms with E-state index < -0.39 is 0 Å². The number of aryl methyl sites for hydroxylation is 1. The van der Waals surface area contributed by atoms with Crippen molar-refractivity contribution in [2.45, 2.75) is 40.0 Å². The lowest BCUT2D eigenvalue weighted by Gasteiger charge is -2.05. The van der Waals surface area contributed by atoms with Gasteiger partial charge in [0.15, 0.2) is 11.4 Å². The predicted molar refractivity (Wildman–Crippen MR) is 120 cm³/mol. The van der Waals surface area contributed by atoms with Crippen molar-refractivity contribution < 1.29 is 4.57 Å². The molecule has 0 saturated carbocycles. The van der Waals surface area contributed by atoms with E-state index >= 15 is 0 Å². The van der Waals surface area contributed by atoms with Crippen LogP contribution in [0.2, 0.25) is 0 Å². The molecule has 0 aliphatic carbocycles. The average molecular weight is 372 g/mol. The summed E-state index contributed by atoms with van der Waals surface area (Å²) in [5, 5.41) is 0. The minimum atomic E-state index is 0.659. The molecule has 144 valence electrons. The molecule has 0 saturated heterocycles. The maximum atomic E-state index is 4.05. The number of hydrogen-bond donors (Lipinski definition) is 0. The topological polar surface area (TPSA) is 8.81 Å². The Hall–Kier alpha value is -2.87. The predicted octanol–water partition coefficient (Wildman–Crippen LogP) is 6.19. The van der Waals surface area contributed by atoms with E-state index in [2.05, 4.69) is 97.9 Å². The third-order valence-electron chi connectivity index (χ3n) is 5.01. The molecular weight excluding hydrogens is 340 g/mol. The van der Waals surface area contributed by atoms with Crippen LogP contribution in [-0.2, 0) is 12.8 Å². The lowest BCUT2D eigenvalue weighted by atomic mass is 10.0. The third-order valence-corrected chi connectivity index (χ3v) is 5.01. The van der Waals surface area contributed by atoms with Gasteiger partial charge < -0.3 is 0 Å². The van der Waals surface area contributed by atoms with Crippen molar-refractivity contribution in [1.82, 2.24) is 4.57 Å². The van der Waals surface area contributed by atoms with Gasteiger partial charge in [0.1, 0.15) is 11.4 Å². The molecule has 0 radical (unpaired) electrons. The Bertz CT molecular complexity index is 941. The molecule has 3 aromatic rings. The van der Waals surface area contributed by atoms with Crippen molar-refractivity contribution in [3.63, 3.8) is 0 Å². The standard InChI is InChI=1S/C26H31N2/c1-6-9-21-10-14-23(15-11-21)27-19-28(26(8-3)25(27)7-2)24-16-12-22(13-17-24)18-20(4)5/h7-8,10-17,19-20H,2-3,6,9,18H2,1,4-5H3/q+1. The molecule has 0 amide bonds. The second-order valence-electron chi connectivity index (χ2n) is 7.72. The molecule has 3 rings (SSSR count). The molecule has 0 spiro atoms. The van der Waals surface area contributed by atoms with E-state index in [1.165, 1.54) is 11.1 Å². The van der Waals surface area contributed by atoms with Crippen molar-refractivity contribution in [2.24, 2.45) is 5.92 Å². The molecule has 0 aliphatic heterocycles. The Labute approximate surface area is 169 Å². The average Bonchev–Trinajstić information content (AvgIpc) is 3.07. The Balaban J connectivity index is 2.03. The first-order chi connectivity index (χ1) is 13.6. The Morgan fingerprint density at radius 3 is 2.11 bits per heavy atom. The number of rotatable bonds is 8. The third kappa shape index (κ3) is 4.17. The van der Waals surface area contributed by atoms with Gasteiger partial charge in [-0.15, -0.1) is 0 Å². The summed E-state index contributed by atoms with van der Waals surface area (Å²) in [6, 6.07) is 17.6. The molecule has 0 N–H and O–H groups in total. The van der Waals surface area contributed by atoms with Crippen molar-refractivity contribution in [3.05, 3.63) is 90.5 Å². The fraction of sp³-hybridized carbons (Fsp3) is 0.269. The van der Waals surface area contributed by atoms with E-state index in [-0.39, 0.29) is 0 Å². The second-order valence-corrected chi connectivity index (χ2v) is 7.72. The summed E-state index contributed by atoms with van der Waals surface area (Å²) in [5.74, 6) is 0.659. The second kappa shape index (κ2) is 8.88. The van der Waals surface area contributed by atoms with Crippen molar-refractivity contribution in [1.29, 1.82) is 0 Å². The van der Waals surface area contributed by atoms with E-state index in [1.54, 1.807) is 0 Å². The van der Waals surface area contributed by atoms with E-state index in [9.17, 15) is 0 Å². The SMILES string of the molecule is C=Cc1c(C=C)[n+](-c2ccc(CC(C)C)cc2)cn1-c1ccc(CCC)cc1. The summed E-state index contributed by atoms with van der Waals surface area (Å²) in [4.78, 5) is 0.